The number of rotatable bonds is 2. The molecule has 0 radical (unpaired) electrons. The zero-order chi connectivity index (χ0) is 10.9. The van der Waals surface area contributed by atoms with Crippen LogP contribution in [0.15, 0.2) is 0 Å². The van der Waals surface area contributed by atoms with Gasteiger partial charge in [-0.25, -0.2) is 4.79 Å². The fourth-order valence-corrected chi connectivity index (χ4v) is 0.392. The van der Waals surface area contributed by atoms with E-state index in [0.717, 1.165) is 0 Å². The van der Waals surface area contributed by atoms with Crippen LogP contribution in [0.5, 0.6) is 0 Å². The van der Waals surface area contributed by atoms with E-state index in [0.29, 0.717) is 6.42 Å². The van der Waals surface area contributed by atoms with E-state index >= 15 is 0 Å². The molecule has 0 spiro atoms. The van der Waals surface area contributed by atoms with Crippen molar-refractivity contribution in [2.75, 3.05) is 13.2 Å². The molecular weight excluding hydrogens is 174 g/mol. The molecule has 0 heterocycles. The van der Waals surface area contributed by atoms with Crippen LogP contribution in [0, 0.1) is 0 Å². The molecule has 0 saturated carbocycles. The molecule has 80 valence electrons. The molecule has 0 unspecified atom stereocenters. The molecule has 0 aromatic rings. The lowest BCUT2D eigenvalue weighted by Crippen LogP contribution is -2.39. The van der Waals surface area contributed by atoms with Crippen LogP contribution in [0.25, 0.3) is 0 Å². The summed E-state index contributed by atoms with van der Waals surface area (Å²) in [6, 6.07) is 0. The van der Waals surface area contributed by atoms with Crippen molar-refractivity contribution < 1.29 is 20.1 Å². The summed E-state index contributed by atoms with van der Waals surface area (Å²) >= 11 is 0. The predicted octanol–water partition coefficient (Wildman–Crippen LogP) is 0.414. The topological polar surface area (TPSA) is 89.8 Å². The summed E-state index contributed by atoms with van der Waals surface area (Å²) in [7, 11) is 0. The molecule has 0 aliphatic rings. The molecule has 0 rings (SSSR count). The molecule has 0 fully saturated rings. The summed E-state index contributed by atoms with van der Waals surface area (Å²) in [5, 5.41) is 26.2. The molecule has 4 N–H and O–H groups in total. The maximum Gasteiger partial charge on any atom is 0.405 e. The number of hydrogen-bond donors (Lipinski definition) is 4. The Hall–Kier alpha value is -0.810. The van der Waals surface area contributed by atoms with E-state index in [1.165, 1.54) is 0 Å². The first-order chi connectivity index (χ1) is 5.83. The second-order valence-corrected chi connectivity index (χ2v) is 3.48. The van der Waals surface area contributed by atoms with Crippen LogP contribution < -0.4 is 5.32 Å². The zero-order valence-electron chi connectivity index (χ0n) is 8.37. The van der Waals surface area contributed by atoms with Gasteiger partial charge in [-0.1, -0.05) is 0 Å². The number of aliphatic hydroxyl groups excluding tert-OH is 2. The SMILES string of the molecule is CC(C)(C)NC(=O)O.OCCCO. The third kappa shape index (κ3) is 24.7. The predicted molar refractivity (Wildman–Crippen MR) is 49.7 cm³/mol. The highest BCUT2D eigenvalue weighted by Gasteiger charge is 2.10. The van der Waals surface area contributed by atoms with E-state index in [4.69, 9.17) is 15.3 Å². The summed E-state index contributed by atoms with van der Waals surface area (Å²) in [6.07, 6.45) is -0.475. The number of carbonyl (C=O) groups is 1. The van der Waals surface area contributed by atoms with Crippen molar-refractivity contribution in [2.24, 2.45) is 0 Å². The van der Waals surface area contributed by atoms with E-state index in [1.807, 2.05) is 0 Å². The molecule has 0 bridgehead atoms. The molecule has 0 aromatic carbocycles. The number of amides is 1. The minimum atomic E-state index is -0.975. The molecule has 0 saturated heterocycles. The zero-order valence-corrected chi connectivity index (χ0v) is 8.37. The van der Waals surface area contributed by atoms with Gasteiger partial charge in [-0.3, -0.25) is 0 Å². The molecule has 0 atom stereocenters. The molecule has 0 aliphatic heterocycles. The fourth-order valence-electron chi connectivity index (χ4n) is 0.392. The first-order valence-corrected chi connectivity index (χ1v) is 4.06. The Kier molecular flexibility index (Phi) is 8.84. The minimum absolute atomic E-state index is 0.0938. The van der Waals surface area contributed by atoms with Crippen LogP contribution in [-0.4, -0.2) is 40.2 Å². The summed E-state index contributed by atoms with van der Waals surface area (Å²) in [5.74, 6) is 0. The Morgan fingerprint density at radius 2 is 1.62 bits per heavy atom. The highest BCUT2D eigenvalue weighted by molar-refractivity contribution is 5.65. The van der Waals surface area contributed by atoms with Gasteiger partial charge in [0.15, 0.2) is 0 Å². The van der Waals surface area contributed by atoms with Gasteiger partial charge in [0.25, 0.3) is 0 Å². The molecule has 5 heteroatoms. The van der Waals surface area contributed by atoms with Crippen LogP contribution in [0.2, 0.25) is 0 Å². The van der Waals surface area contributed by atoms with Crippen LogP contribution in [0.1, 0.15) is 27.2 Å². The quantitative estimate of drug-likeness (QED) is 0.511. The largest absolute Gasteiger partial charge is 0.465 e. The molecule has 13 heavy (non-hydrogen) atoms. The Morgan fingerprint density at radius 1 is 1.23 bits per heavy atom. The molecule has 0 aliphatic carbocycles. The van der Waals surface area contributed by atoms with Crippen LogP contribution >= 0.6 is 0 Å². The van der Waals surface area contributed by atoms with Crippen molar-refractivity contribution in [2.45, 2.75) is 32.7 Å². The van der Waals surface area contributed by atoms with E-state index < -0.39 is 6.09 Å². The normalized spacial score (nSPS) is 9.92. The minimum Gasteiger partial charge on any atom is -0.465 e. The van der Waals surface area contributed by atoms with Crippen molar-refractivity contribution in [1.82, 2.24) is 5.32 Å². The first-order valence-electron chi connectivity index (χ1n) is 4.06. The Balaban J connectivity index is 0. The van der Waals surface area contributed by atoms with E-state index in [1.54, 1.807) is 20.8 Å². The third-order valence-electron chi connectivity index (χ3n) is 0.798. The van der Waals surface area contributed by atoms with E-state index in [2.05, 4.69) is 5.32 Å². The summed E-state index contributed by atoms with van der Waals surface area (Å²) in [6.45, 7) is 5.57. The Bertz CT molecular complexity index is 129. The average molecular weight is 193 g/mol. The van der Waals surface area contributed by atoms with Gasteiger partial charge in [0.2, 0.25) is 0 Å². The van der Waals surface area contributed by atoms with Gasteiger partial charge < -0.3 is 20.6 Å². The van der Waals surface area contributed by atoms with E-state index in [-0.39, 0.29) is 18.8 Å². The lowest BCUT2D eigenvalue weighted by molar-refractivity contribution is 0.184. The Labute approximate surface area is 78.4 Å². The second kappa shape index (κ2) is 7.82. The van der Waals surface area contributed by atoms with Crippen molar-refractivity contribution in [3.05, 3.63) is 0 Å². The maximum atomic E-state index is 9.90. The van der Waals surface area contributed by atoms with Gasteiger partial charge in [0.05, 0.1) is 0 Å². The first kappa shape index (κ1) is 14.7. The van der Waals surface area contributed by atoms with Gasteiger partial charge in [-0.15, -0.1) is 0 Å². The van der Waals surface area contributed by atoms with Gasteiger partial charge in [-0.05, 0) is 27.2 Å². The van der Waals surface area contributed by atoms with Crippen LogP contribution in [0.3, 0.4) is 0 Å². The highest BCUT2D eigenvalue weighted by Crippen LogP contribution is 1.96. The summed E-state index contributed by atoms with van der Waals surface area (Å²) in [5.41, 5.74) is -0.328. The smallest absolute Gasteiger partial charge is 0.405 e. The number of hydrogen-bond acceptors (Lipinski definition) is 3. The van der Waals surface area contributed by atoms with E-state index in [9.17, 15) is 4.79 Å². The molecule has 1 amide bonds. The van der Waals surface area contributed by atoms with Crippen molar-refractivity contribution in [3.8, 4) is 0 Å². The lowest BCUT2D eigenvalue weighted by Gasteiger charge is -2.16. The summed E-state index contributed by atoms with van der Waals surface area (Å²) in [4.78, 5) is 9.90. The van der Waals surface area contributed by atoms with Gasteiger partial charge in [0.1, 0.15) is 0 Å². The Morgan fingerprint density at radius 3 is 1.62 bits per heavy atom. The van der Waals surface area contributed by atoms with Gasteiger partial charge >= 0.3 is 6.09 Å². The molecule has 0 aromatic heterocycles. The van der Waals surface area contributed by atoms with Crippen molar-refractivity contribution in [1.29, 1.82) is 0 Å². The van der Waals surface area contributed by atoms with Crippen LogP contribution in [0.4, 0.5) is 4.79 Å². The monoisotopic (exact) mass is 193 g/mol. The van der Waals surface area contributed by atoms with Crippen molar-refractivity contribution >= 4 is 6.09 Å². The van der Waals surface area contributed by atoms with Gasteiger partial charge in [0, 0.05) is 18.8 Å². The lowest BCUT2D eigenvalue weighted by atomic mass is 10.1. The number of nitrogens with one attached hydrogen (secondary N) is 1. The maximum absolute atomic E-state index is 9.90. The fraction of sp³-hybridized carbons (Fsp3) is 0.875. The van der Waals surface area contributed by atoms with Crippen molar-refractivity contribution in [3.63, 3.8) is 0 Å². The second-order valence-electron chi connectivity index (χ2n) is 3.48. The third-order valence-corrected chi connectivity index (χ3v) is 0.798. The number of carboxylic acid groups (broad SMARTS) is 1. The standard InChI is InChI=1S/C5H11NO2.C3H8O2/c1-5(2,3)6-4(7)8;4-2-1-3-5/h6H,1-3H3,(H,7,8);4-5H,1-3H2. The van der Waals surface area contributed by atoms with Crippen LogP contribution in [-0.2, 0) is 0 Å². The molecular formula is C8H19NO4. The number of aliphatic hydroxyl groups is 2. The highest BCUT2D eigenvalue weighted by atomic mass is 16.4. The molecule has 5 nitrogen and oxygen atoms in total. The summed E-state index contributed by atoms with van der Waals surface area (Å²) < 4.78 is 0. The average Bonchev–Trinajstić information content (AvgIpc) is 1.84. The van der Waals surface area contributed by atoms with Gasteiger partial charge in [-0.2, -0.15) is 0 Å².